The Balaban J connectivity index is 1.97. The number of phenolic OH excluding ortho intramolecular Hbond substituents is 1. The van der Waals surface area contributed by atoms with Crippen molar-refractivity contribution in [2.24, 2.45) is 0 Å². The molecule has 0 spiro atoms. The van der Waals surface area contributed by atoms with E-state index in [1.165, 1.54) is 0 Å². The molecule has 0 aliphatic rings. The second-order valence-electron chi connectivity index (χ2n) is 6.78. The van der Waals surface area contributed by atoms with Gasteiger partial charge in [-0.3, -0.25) is 0 Å². The van der Waals surface area contributed by atoms with E-state index >= 15 is 0 Å². The summed E-state index contributed by atoms with van der Waals surface area (Å²) in [6, 6.07) is 18.7. The molecule has 1 aromatic heterocycles. The zero-order chi connectivity index (χ0) is 20.5. The fourth-order valence-corrected chi connectivity index (χ4v) is 3.69. The van der Waals surface area contributed by atoms with Crippen molar-refractivity contribution in [1.82, 2.24) is 15.2 Å². The Hall–Kier alpha value is -2.95. The maximum absolute atomic E-state index is 10.2. The highest BCUT2D eigenvalue weighted by molar-refractivity contribution is 6.36. The lowest BCUT2D eigenvalue weighted by atomic mass is 9.99. The van der Waals surface area contributed by atoms with Crippen LogP contribution >= 0.6 is 23.2 Å². The summed E-state index contributed by atoms with van der Waals surface area (Å²) in [5, 5.41) is 20.0. The molecule has 0 atom stereocenters. The molecule has 4 nitrogen and oxygen atoms in total. The molecular formula is C23H17Cl2N3O. The average Bonchev–Trinajstić information content (AvgIpc) is 2.72. The van der Waals surface area contributed by atoms with Crippen molar-refractivity contribution >= 4 is 23.2 Å². The van der Waals surface area contributed by atoms with Crippen LogP contribution in [0.3, 0.4) is 0 Å². The van der Waals surface area contributed by atoms with E-state index in [-0.39, 0.29) is 5.75 Å². The number of nitrogens with zero attached hydrogens (tertiary/aromatic N) is 3. The normalized spacial score (nSPS) is 10.9. The van der Waals surface area contributed by atoms with Gasteiger partial charge in [0.05, 0.1) is 5.02 Å². The molecule has 29 heavy (non-hydrogen) atoms. The Kier molecular flexibility index (Phi) is 5.22. The van der Waals surface area contributed by atoms with Crippen LogP contribution in [0, 0.1) is 13.8 Å². The number of phenols is 1. The summed E-state index contributed by atoms with van der Waals surface area (Å²) in [6.45, 7) is 3.72. The molecule has 0 amide bonds. The molecule has 0 saturated carbocycles. The molecule has 0 aliphatic carbocycles. The lowest BCUT2D eigenvalue weighted by Gasteiger charge is -2.13. The quantitative estimate of drug-likeness (QED) is 0.409. The Bertz CT molecular complexity index is 1190. The predicted molar refractivity (Wildman–Crippen MR) is 117 cm³/mol. The molecule has 3 aromatic carbocycles. The van der Waals surface area contributed by atoms with E-state index in [1.807, 2.05) is 56.3 Å². The Morgan fingerprint density at radius 3 is 2.10 bits per heavy atom. The summed E-state index contributed by atoms with van der Waals surface area (Å²) in [5.74, 6) is 0.683. The van der Waals surface area contributed by atoms with Crippen molar-refractivity contribution in [2.75, 3.05) is 0 Å². The first-order chi connectivity index (χ1) is 13.9. The van der Waals surface area contributed by atoms with Gasteiger partial charge >= 0.3 is 0 Å². The molecule has 1 N–H and O–H groups in total. The molecule has 0 unspecified atom stereocenters. The molecule has 4 rings (SSSR count). The van der Waals surface area contributed by atoms with Crippen molar-refractivity contribution in [3.8, 4) is 39.7 Å². The third kappa shape index (κ3) is 3.82. The van der Waals surface area contributed by atoms with Gasteiger partial charge in [0.2, 0.25) is 0 Å². The highest BCUT2D eigenvalue weighted by atomic mass is 35.5. The number of aromatic nitrogens is 3. The van der Waals surface area contributed by atoms with Gasteiger partial charge in [0.15, 0.2) is 5.82 Å². The van der Waals surface area contributed by atoms with Gasteiger partial charge < -0.3 is 5.11 Å². The molecule has 0 fully saturated rings. The van der Waals surface area contributed by atoms with Crippen LogP contribution in [-0.4, -0.2) is 20.3 Å². The summed E-state index contributed by atoms with van der Waals surface area (Å²) in [7, 11) is 0. The van der Waals surface area contributed by atoms with E-state index in [4.69, 9.17) is 28.2 Å². The van der Waals surface area contributed by atoms with Crippen molar-refractivity contribution in [1.29, 1.82) is 0 Å². The van der Waals surface area contributed by atoms with Crippen LogP contribution in [0.1, 0.15) is 11.1 Å². The van der Waals surface area contributed by atoms with Crippen molar-refractivity contribution in [3.05, 3.63) is 81.8 Å². The molecule has 144 valence electrons. The summed E-state index contributed by atoms with van der Waals surface area (Å²) >= 11 is 12.4. The van der Waals surface area contributed by atoms with Gasteiger partial charge in [0.1, 0.15) is 17.1 Å². The summed E-state index contributed by atoms with van der Waals surface area (Å²) in [6.07, 6.45) is 0. The lowest BCUT2D eigenvalue weighted by molar-refractivity contribution is 0.467. The van der Waals surface area contributed by atoms with Crippen LogP contribution in [0.4, 0.5) is 0 Å². The number of hydrogen-bond acceptors (Lipinski definition) is 4. The molecule has 0 radical (unpaired) electrons. The van der Waals surface area contributed by atoms with Gasteiger partial charge in [-0.05, 0) is 55.3 Å². The summed E-state index contributed by atoms with van der Waals surface area (Å²) in [5.41, 5.74) is 5.25. The number of halogens is 2. The average molecular weight is 422 g/mol. The minimum absolute atomic E-state index is 0.276. The molecular weight excluding hydrogens is 405 g/mol. The highest BCUT2D eigenvalue weighted by Crippen LogP contribution is 2.35. The Morgan fingerprint density at radius 2 is 1.45 bits per heavy atom. The minimum atomic E-state index is 0.276. The van der Waals surface area contributed by atoms with Gasteiger partial charge in [-0.15, -0.1) is 10.2 Å². The molecule has 0 aliphatic heterocycles. The Labute approximate surface area is 178 Å². The fourth-order valence-electron chi connectivity index (χ4n) is 3.20. The van der Waals surface area contributed by atoms with Gasteiger partial charge in [-0.25, -0.2) is 4.98 Å². The largest absolute Gasteiger partial charge is 0.507 e. The first kappa shape index (κ1) is 19.4. The second kappa shape index (κ2) is 7.82. The smallest absolute Gasteiger partial charge is 0.183 e. The van der Waals surface area contributed by atoms with E-state index in [2.05, 4.69) is 10.2 Å². The third-order valence-electron chi connectivity index (χ3n) is 4.67. The van der Waals surface area contributed by atoms with Crippen molar-refractivity contribution in [2.45, 2.75) is 13.8 Å². The van der Waals surface area contributed by atoms with Crippen LogP contribution in [-0.2, 0) is 0 Å². The van der Waals surface area contributed by atoms with E-state index < -0.39 is 0 Å². The van der Waals surface area contributed by atoms with Crippen LogP contribution < -0.4 is 0 Å². The lowest BCUT2D eigenvalue weighted by Crippen LogP contribution is -2.01. The highest BCUT2D eigenvalue weighted by Gasteiger charge is 2.17. The maximum Gasteiger partial charge on any atom is 0.183 e. The van der Waals surface area contributed by atoms with Gasteiger partial charge in [0.25, 0.3) is 0 Å². The standard InChI is InChI=1S/C23H17Cl2N3O/c1-13-10-16(11-14(2)22(13)29)20-21(15-6-4-3-5-7-15)27-28-23(26-20)18-9-8-17(24)12-19(18)25/h3-12,29H,1-2H3. The second-order valence-corrected chi connectivity index (χ2v) is 7.63. The first-order valence-corrected chi connectivity index (χ1v) is 9.76. The molecule has 4 aromatic rings. The molecule has 6 heteroatoms. The molecule has 0 bridgehead atoms. The van der Waals surface area contributed by atoms with Crippen LogP contribution in [0.25, 0.3) is 33.9 Å². The Morgan fingerprint density at radius 1 is 0.759 bits per heavy atom. The number of aromatic hydroxyl groups is 1. The number of rotatable bonds is 3. The van der Waals surface area contributed by atoms with E-state index in [0.29, 0.717) is 32.8 Å². The monoisotopic (exact) mass is 421 g/mol. The number of aryl methyl sites for hydroxylation is 2. The topological polar surface area (TPSA) is 58.9 Å². The fraction of sp³-hybridized carbons (Fsp3) is 0.0870. The van der Waals surface area contributed by atoms with E-state index in [9.17, 15) is 5.11 Å². The molecule has 1 heterocycles. The summed E-state index contributed by atoms with van der Waals surface area (Å²) in [4.78, 5) is 4.81. The maximum atomic E-state index is 10.2. The first-order valence-electron chi connectivity index (χ1n) is 9.00. The molecule has 0 saturated heterocycles. The van der Waals surface area contributed by atoms with Gasteiger partial charge in [-0.2, -0.15) is 0 Å². The zero-order valence-corrected chi connectivity index (χ0v) is 17.3. The van der Waals surface area contributed by atoms with E-state index in [0.717, 1.165) is 22.3 Å². The zero-order valence-electron chi connectivity index (χ0n) is 15.8. The number of hydrogen-bond donors (Lipinski definition) is 1. The predicted octanol–water partition coefficient (Wildman–Crippen LogP) is 6.50. The van der Waals surface area contributed by atoms with Crippen LogP contribution in [0.15, 0.2) is 60.7 Å². The summed E-state index contributed by atoms with van der Waals surface area (Å²) < 4.78 is 0. The van der Waals surface area contributed by atoms with Crippen molar-refractivity contribution < 1.29 is 5.11 Å². The number of benzene rings is 3. The van der Waals surface area contributed by atoms with Crippen molar-refractivity contribution in [3.63, 3.8) is 0 Å². The minimum Gasteiger partial charge on any atom is -0.507 e. The van der Waals surface area contributed by atoms with Gasteiger partial charge in [0, 0.05) is 21.7 Å². The van der Waals surface area contributed by atoms with Gasteiger partial charge in [-0.1, -0.05) is 53.5 Å². The van der Waals surface area contributed by atoms with Crippen LogP contribution in [0.2, 0.25) is 10.0 Å². The third-order valence-corrected chi connectivity index (χ3v) is 5.22. The van der Waals surface area contributed by atoms with E-state index in [1.54, 1.807) is 18.2 Å². The van der Waals surface area contributed by atoms with Crippen LogP contribution in [0.5, 0.6) is 5.75 Å². The SMILES string of the molecule is Cc1cc(-c2nc(-c3ccc(Cl)cc3Cl)nnc2-c2ccccc2)cc(C)c1O.